The van der Waals surface area contributed by atoms with Crippen molar-refractivity contribution in [2.75, 3.05) is 39.4 Å². The predicted molar refractivity (Wildman–Crippen MR) is 111 cm³/mol. The lowest BCUT2D eigenvalue weighted by atomic mass is 10.1. The van der Waals surface area contributed by atoms with Crippen molar-refractivity contribution >= 4 is 28.6 Å². The zero-order valence-electron chi connectivity index (χ0n) is 16.3. The van der Waals surface area contributed by atoms with Gasteiger partial charge in [0.1, 0.15) is 29.7 Å². The smallest absolute Gasteiger partial charge is 0.252 e. The monoisotopic (exact) mass is 430 g/mol. The van der Waals surface area contributed by atoms with Gasteiger partial charge in [-0.1, -0.05) is 30.0 Å². The van der Waals surface area contributed by atoms with Crippen molar-refractivity contribution in [2.24, 2.45) is 0 Å². The van der Waals surface area contributed by atoms with Gasteiger partial charge in [-0.05, 0) is 24.3 Å². The minimum Gasteiger partial charge on any atom is -0.370 e. The van der Waals surface area contributed by atoms with Crippen molar-refractivity contribution < 1.29 is 23.2 Å². The summed E-state index contributed by atoms with van der Waals surface area (Å²) in [5.74, 6) is -1.48. The molecule has 1 saturated heterocycles. The van der Waals surface area contributed by atoms with Gasteiger partial charge in [0.05, 0.1) is 37.4 Å². The van der Waals surface area contributed by atoms with E-state index in [9.17, 15) is 13.6 Å². The molecular weight excluding hydrogens is 408 g/mol. The molecule has 0 atom stereocenters. The Labute approximate surface area is 177 Å². The summed E-state index contributed by atoms with van der Waals surface area (Å²) in [7, 11) is 0. The molecule has 1 aromatic heterocycles. The van der Waals surface area contributed by atoms with Gasteiger partial charge in [-0.25, -0.2) is 13.8 Å². The minimum atomic E-state index is -0.658. The first-order chi connectivity index (χ1) is 14.6. The first kappa shape index (κ1) is 20.7. The number of hydrogen-bond acceptors (Lipinski definition) is 4. The van der Waals surface area contributed by atoms with E-state index in [-0.39, 0.29) is 10.8 Å². The number of halogens is 2. The highest BCUT2D eigenvalue weighted by Gasteiger charge is 2.17. The second-order valence-electron chi connectivity index (χ2n) is 7.07. The molecule has 156 valence electrons. The number of quaternary nitrogens is 1. The number of morpholine rings is 1. The van der Waals surface area contributed by atoms with Gasteiger partial charge < -0.3 is 15.0 Å². The van der Waals surface area contributed by atoms with Crippen LogP contribution >= 0.6 is 11.8 Å². The zero-order valence-corrected chi connectivity index (χ0v) is 17.1. The number of amides is 1. The molecule has 0 unspecified atom stereocenters. The number of carbonyl (C=O) groups excluding carboxylic acids is 1. The Hall–Kier alpha value is -2.55. The van der Waals surface area contributed by atoms with E-state index in [1.807, 2.05) is 24.3 Å². The van der Waals surface area contributed by atoms with E-state index in [0.29, 0.717) is 22.7 Å². The number of nitrogens with one attached hydrogen (secondary N) is 2. The minimum absolute atomic E-state index is 0.192. The van der Waals surface area contributed by atoms with Crippen molar-refractivity contribution in [1.29, 1.82) is 0 Å². The molecule has 0 spiro atoms. The second kappa shape index (κ2) is 9.51. The molecule has 1 amide bonds. The quantitative estimate of drug-likeness (QED) is 0.630. The molecule has 0 saturated carbocycles. The predicted octanol–water partition coefficient (Wildman–Crippen LogP) is 2.31. The lowest BCUT2D eigenvalue weighted by Gasteiger charge is -2.23. The summed E-state index contributed by atoms with van der Waals surface area (Å²) in [6.07, 6.45) is 0. The fourth-order valence-electron chi connectivity index (χ4n) is 3.42. The Morgan fingerprint density at radius 1 is 1.13 bits per heavy atom. The summed E-state index contributed by atoms with van der Waals surface area (Å²) in [5, 5.41) is 4.20. The van der Waals surface area contributed by atoms with Gasteiger partial charge in [-0.3, -0.25) is 4.79 Å². The van der Waals surface area contributed by atoms with Crippen LogP contribution in [0, 0.1) is 11.6 Å². The first-order valence-corrected chi connectivity index (χ1v) is 10.6. The molecule has 1 aliphatic rings. The Balaban J connectivity index is 1.54. The molecule has 1 fully saturated rings. The number of fused-ring (bicyclic) bond motifs is 1. The molecule has 1 aliphatic heterocycles. The van der Waals surface area contributed by atoms with Crippen LogP contribution < -0.4 is 10.2 Å². The van der Waals surface area contributed by atoms with Gasteiger partial charge >= 0.3 is 0 Å². The van der Waals surface area contributed by atoms with Gasteiger partial charge in [-0.15, -0.1) is 0 Å². The first-order valence-electron chi connectivity index (χ1n) is 9.82. The van der Waals surface area contributed by atoms with Crippen LogP contribution in [0.5, 0.6) is 0 Å². The van der Waals surface area contributed by atoms with E-state index in [1.54, 1.807) is 6.07 Å². The Morgan fingerprint density at radius 3 is 2.73 bits per heavy atom. The van der Waals surface area contributed by atoms with Crippen LogP contribution in [0.3, 0.4) is 0 Å². The largest absolute Gasteiger partial charge is 0.370 e. The van der Waals surface area contributed by atoms with E-state index in [4.69, 9.17) is 4.74 Å². The van der Waals surface area contributed by atoms with Gasteiger partial charge in [0.25, 0.3) is 5.91 Å². The van der Waals surface area contributed by atoms with Gasteiger partial charge in [0.15, 0.2) is 0 Å². The molecule has 2 heterocycles. The third kappa shape index (κ3) is 4.95. The maximum absolute atomic E-state index is 14.1. The Kier molecular flexibility index (Phi) is 6.56. The molecule has 8 heteroatoms. The fourth-order valence-corrected chi connectivity index (χ4v) is 4.26. The maximum atomic E-state index is 14.1. The fraction of sp³-hybridized carbons (Fsp3) is 0.273. The van der Waals surface area contributed by atoms with Crippen molar-refractivity contribution in [3.63, 3.8) is 0 Å². The molecule has 4 rings (SSSR count). The van der Waals surface area contributed by atoms with Gasteiger partial charge in [-0.2, -0.15) is 0 Å². The number of carbonyl (C=O) groups is 1. The molecule has 5 nitrogen and oxygen atoms in total. The molecule has 0 aliphatic carbocycles. The summed E-state index contributed by atoms with van der Waals surface area (Å²) in [5.41, 5.74) is 1.14. The number of pyridine rings is 1. The molecule has 2 aromatic carbocycles. The number of aromatic nitrogens is 1. The van der Waals surface area contributed by atoms with E-state index >= 15 is 0 Å². The summed E-state index contributed by atoms with van der Waals surface area (Å²) < 4.78 is 32.6. The molecule has 3 aromatic rings. The summed E-state index contributed by atoms with van der Waals surface area (Å²) in [6, 6.07) is 12.4. The van der Waals surface area contributed by atoms with Crippen molar-refractivity contribution in [2.45, 2.75) is 9.92 Å². The number of para-hydroxylation sites is 1. The molecule has 0 bridgehead atoms. The standard InChI is InChI=1S/C22H21F2N3O2S/c23-15-5-6-20(18(24)13-15)30-21-14-17(16-3-1-2-4-19(16)26-21)22(28)25-7-8-27-9-11-29-12-10-27/h1-6,13-14H,7-12H2,(H,25,28)/p+1. The van der Waals surface area contributed by atoms with Crippen LogP contribution in [0.1, 0.15) is 10.4 Å². The highest BCUT2D eigenvalue weighted by atomic mass is 32.2. The summed E-state index contributed by atoms with van der Waals surface area (Å²) >= 11 is 1.07. The lowest BCUT2D eigenvalue weighted by Crippen LogP contribution is -3.14. The number of rotatable bonds is 6. The average molecular weight is 431 g/mol. The summed E-state index contributed by atoms with van der Waals surface area (Å²) in [6.45, 7) is 4.77. The summed E-state index contributed by atoms with van der Waals surface area (Å²) in [4.78, 5) is 19.1. The SMILES string of the molecule is O=C(NCC[NH+]1CCOCC1)c1cc(Sc2ccc(F)cc2F)nc2ccccc12. The van der Waals surface area contributed by atoms with Crippen molar-refractivity contribution in [3.8, 4) is 0 Å². The Morgan fingerprint density at radius 2 is 1.93 bits per heavy atom. The lowest BCUT2D eigenvalue weighted by molar-refractivity contribution is -0.906. The van der Waals surface area contributed by atoms with Gasteiger partial charge in [0.2, 0.25) is 0 Å². The zero-order chi connectivity index (χ0) is 20.9. The Bertz CT molecular complexity index is 1060. The van der Waals surface area contributed by atoms with Crippen LogP contribution in [-0.4, -0.2) is 50.3 Å². The van der Waals surface area contributed by atoms with Crippen LogP contribution in [0.4, 0.5) is 8.78 Å². The number of benzene rings is 2. The second-order valence-corrected chi connectivity index (χ2v) is 8.13. The van der Waals surface area contributed by atoms with Crippen LogP contribution in [0.2, 0.25) is 0 Å². The topological polar surface area (TPSA) is 55.7 Å². The molecular formula is C22H22F2N3O2S+. The highest BCUT2D eigenvalue weighted by molar-refractivity contribution is 7.99. The van der Waals surface area contributed by atoms with E-state index in [2.05, 4.69) is 10.3 Å². The van der Waals surface area contributed by atoms with Crippen molar-refractivity contribution in [3.05, 3.63) is 65.7 Å². The molecule has 30 heavy (non-hydrogen) atoms. The van der Waals surface area contributed by atoms with Crippen LogP contribution in [0.15, 0.2) is 58.5 Å². The number of hydrogen-bond donors (Lipinski definition) is 2. The average Bonchev–Trinajstić information content (AvgIpc) is 2.76. The normalized spacial score (nSPS) is 14.7. The molecule has 0 radical (unpaired) electrons. The number of nitrogens with zero attached hydrogens (tertiary/aromatic N) is 1. The number of ether oxygens (including phenoxy) is 1. The third-order valence-corrected chi connectivity index (χ3v) is 5.98. The van der Waals surface area contributed by atoms with E-state index in [1.165, 1.54) is 17.0 Å². The van der Waals surface area contributed by atoms with Crippen LogP contribution in [0.25, 0.3) is 10.9 Å². The van der Waals surface area contributed by atoms with Gasteiger partial charge in [0, 0.05) is 16.3 Å². The highest BCUT2D eigenvalue weighted by Crippen LogP contribution is 2.31. The van der Waals surface area contributed by atoms with Crippen molar-refractivity contribution in [1.82, 2.24) is 10.3 Å². The van der Waals surface area contributed by atoms with Crippen LogP contribution in [-0.2, 0) is 4.74 Å². The molecule has 2 N–H and O–H groups in total. The third-order valence-electron chi connectivity index (χ3n) is 5.01. The van der Waals surface area contributed by atoms with E-state index in [0.717, 1.165) is 56.1 Å². The maximum Gasteiger partial charge on any atom is 0.252 e. The van der Waals surface area contributed by atoms with E-state index < -0.39 is 11.6 Å².